The van der Waals surface area contributed by atoms with Crippen molar-refractivity contribution in [3.05, 3.63) is 85.8 Å². The minimum Gasteiger partial charge on any atom is -0.318 e. The predicted molar refractivity (Wildman–Crippen MR) is 123 cm³/mol. The number of rotatable bonds is 3. The Bertz CT molecular complexity index is 1170. The van der Waals surface area contributed by atoms with Gasteiger partial charge in [0.15, 0.2) is 0 Å². The number of aromatic nitrogens is 1. The second kappa shape index (κ2) is 7.68. The second-order valence-electron chi connectivity index (χ2n) is 6.75. The normalized spacial score (nSPS) is 15.3. The van der Waals surface area contributed by atoms with Crippen LogP contribution in [0, 0.1) is 17.4 Å². The van der Waals surface area contributed by atoms with Crippen LogP contribution in [0.4, 0.5) is 10.5 Å². The van der Waals surface area contributed by atoms with Crippen molar-refractivity contribution < 1.29 is 9.59 Å². The fraction of sp³-hybridized carbons (Fsp3) is 0.0909. The van der Waals surface area contributed by atoms with Gasteiger partial charge in [0.25, 0.3) is 5.91 Å². The lowest BCUT2D eigenvalue weighted by molar-refractivity contribution is -0.113. The Balaban J connectivity index is 1.70. The maximum atomic E-state index is 12.9. The molecule has 0 radical (unpaired) electrons. The van der Waals surface area contributed by atoms with Gasteiger partial charge in [0, 0.05) is 25.7 Å². The van der Waals surface area contributed by atoms with E-state index in [2.05, 4.69) is 56.7 Å². The van der Waals surface area contributed by atoms with E-state index >= 15 is 0 Å². The van der Waals surface area contributed by atoms with Gasteiger partial charge in [-0.25, -0.2) is 9.69 Å². The summed E-state index contributed by atoms with van der Waals surface area (Å²) in [5, 5.41) is 3.13. The minimum atomic E-state index is -0.491. The average Bonchev–Trinajstić information content (AvgIpc) is 3.11. The quantitative estimate of drug-likeness (QED) is 0.285. The van der Waals surface area contributed by atoms with E-state index in [-0.39, 0.29) is 5.70 Å². The SMILES string of the molecule is Cc1cc(/C=C2\NC(=O)N(c3cccc(Cl)c3)C2=O)c(C)n1-c1ccc(I)cc1. The average molecular weight is 518 g/mol. The summed E-state index contributed by atoms with van der Waals surface area (Å²) < 4.78 is 3.29. The van der Waals surface area contributed by atoms with Gasteiger partial charge in [0.1, 0.15) is 5.70 Å². The first kappa shape index (κ1) is 19.7. The molecule has 0 bridgehead atoms. The molecule has 1 aliphatic rings. The number of hydrogen-bond acceptors (Lipinski definition) is 2. The number of halogens is 2. The Labute approximate surface area is 187 Å². The van der Waals surface area contributed by atoms with Crippen molar-refractivity contribution in [1.82, 2.24) is 9.88 Å². The van der Waals surface area contributed by atoms with Crippen LogP contribution in [0.25, 0.3) is 11.8 Å². The lowest BCUT2D eigenvalue weighted by Gasteiger charge is -2.11. The highest BCUT2D eigenvalue weighted by Crippen LogP contribution is 2.27. The number of aryl methyl sites for hydroxylation is 1. The molecule has 1 aliphatic heterocycles. The molecule has 1 aromatic heterocycles. The van der Waals surface area contributed by atoms with Crippen LogP contribution in [-0.4, -0.2) is 16.5 Å². The van der Waals surface area contributed by atoms with Gasteiger partial charge in [0.2, 0.25) is 0 Å². The summed E-state index contributed by atoms with van der Waals surface area (Å²) in [5.41, 5.74) is 4.62. The van der Waals surface area contributed by atoms with Gasteiger partial charge in [-0.3, -0.25) is 4.79 Å². The van der Waals surface area contributed by atoms with Gasteiger partial charge >= 0.3 is 6.03 Å². The highest BCUT2D eigenvalue weighted by molar-refractivity contribution is 14.1. The van der Waals surface area contributed by atoms with Gasteiger partial charge < -0.3 is 9.88 Å². The van der Waals surface area contributed by atoms with E-state index in [9.17, 15) is 9.59 Å². The Morgan fingerprint density at radius 3 is 2.41 bits per heavy atom. The lowest BCUT2D eigenvalue weighted by atomic mass is 10.2. The number of benzene rings is 2. The summed E-state index contributed by atoms with van der Waals surface area (Å²) in [7, 11) is 0. The fourth-order valence-electron chi connectivity index (χ4n) is 3.46. The van der Waals surface area contributed by atoms with Crippen LogP contribution in [0.15, 0.2) is 60.3 Å². The Morgan fingerprint density at radius 1 is 1.00 bits per heavy atom. The molecule has 2 aromatic carbocycles. The molecular weight excluding hydrogens is 501 g/mol. The molecule has 1 fully saturated rings. The Morgan fingerprint density at radius 2 is 1.72 bits per heavy atom. The smallest absolute Gasteiger partial charge is 0.318 e. The third-order valence-corrected chi connectivity index (χ3v) is 5.75. The lowest BCUT2D eigenvalue weighted by Crippen LogP contribution is -2.30. The van der Waals surface area contributed by atoms with E-state index in [1.165, 1.54) is 0 Å². The number of anilines is 1. The van der Waals surface area contributed by atoms with Crippen molar-refractivity contribution in [2.75, 3.05) is 4.90 Å². The summed E-state index contributed by atoms with van der Waals surface area (Å²) in [6.45, 7) is 4.01. The molecule has 7 heteroatoms. The Kier molecular flexibility index (Phi) is 5.23. The zero-order valence-corrected chi connectivity index (χ0v) is 18.7. The summed E-state index contributed by atoms with van der Waals surface area (Å²) in [4.78, 5) is 26.4. The largest absolute Gasteiger partial charge is 0.333 e. The number of amides is 3. The van der Waals surface area contributed by atoms with E-state index in [1.807, 2.05) is 19.9 Å². The highest BCUT2D eigenvalue weighted by Gasteiger charge is 2.35. The molecule has 4 rings (SSSR count). The number of nitrogens with zero attached hydrogens (tertiary/aromatic N) is 2. The standard InChI is InChI=1S/C22H17ClIN3O2/c1-13-10-15(14(2)26(13)18-8-6-17(24)7-9-18)11-20-21(28)27(22(29)25-20)19-5-3-4-16(23)12-19/h3-12H,1-2H3,(H,25,29)/b20-11-. The van der Waals surface area contributed by atoms with E-state index < -0.39 is 11.9 Å². The zero-order chi connectivity index (χ0) is 20.7. The fourth-order valence-corrected chi connectivity index (χ4v) is 4.01. The van der Waals surface area contributed by atoms with Crippen LogP contribution in [0.2, 0.25) is 5.02 Å². The van der Waals surface area contributed by atoms with Crippen molar-refractivity contribution in [2.24, 2.45) is 0 Å². The number of urea groups is 1. The zero-order valence-electron chi connectivity index (χ0n) is 15.7. The molecule has 3 aromatic rings. The van der Waals surface area contributed by atoms with Gasteiger partial charge in [-0.1, -0.05) is 17.7 Å². The first-order valence-corrected chi connectivity index (χ1v) is 10.4. The minimum absolute atomic E-state index is 0.234. The maximum Gasteiger partial charge on any atom is 0.333 e. The van der Waals surface area contributed by atoms with Gasteiger partial charge in [0.05, 0.1) is 5.69 Å². The number of hydrogen-bond donors (Lipinski definition) is 1. The first-order valence-electron chi connectivity index (χ1n) is 8.93. The van der Waals surface area contributed by atoms with Gasteiger partial charge in [-0.15, -0.1) is 0 Å². The molecule has 2 heterocycles. The molecule has 29 heavy (non-hydrogen) atoms. The van der Waals surface area contributed by atoms with Crippen molar-refractivity contribution in [2.45, 2.75) is 13.8 Å². The van der Waals surface area contributed by atoms with E-state index in [0.717, 1.165) is 31.1 Å². The van der Waals surface area contributed by atoms with Crippen LogP contribution in [0.1, 0.15) is 17.0 Å². The Hall–Kier alpha value is -2.58. The molecule has 5 nitrogen and oxygen atoms in total. The predicted octanol–water partition coefficient (Wildman–Crippen LogP) is 5.45. The number of nitrogens with one attached hydrogen (secondary N) is 1. The summed E-state index contributed by atoms with van der Waals surface area (Å²) in [6, 6.07) is 16.4. The number of imide groups is 1. The molecular formula is C22H17ClIN3O2. The molecule has 1 saturated heterocycles. The summed E-state index contributed by atoms with van der Waals surface area (Å²) in [5.74, 6) is -0.406. The number of carbonyl (C=O) groups is 2. The van der Waals surface area contributed by atoms with Gasteiger partial charge in [-0.05, 0) is 96.6 Å². The maximum absolute atomic E-state index is 12.9. The van der Waals surface area contributed by atoms with Crippen molar-refractivity contribution in [3.63, 3.8) is 0 Å². The monoisotopic (exact) mass is 517 g/mol. The highest BCUT2D eigenvalue weighted by atomic mass is 127. The molecule has 0 spiro atoms. The van der Waals surface area contributed by atoms with Crippen LogP contribution in [-0.2, 0) is 4.79 Å². The molecule has 3 amide bonds. The molecule has 146 valence electrons. The first-order chi connectivity index (χ1) is 13.8. The molecule has 0 aliphatic carbocycles. The van der Waals surface area contributed by atoms with Crippen molar-refractivity contribution in [1.29, 1.82) is 0 Å². The third-order valence-electron chi connectivity index (χ3n) is 4.80. The second-order valence-corrected chi connectivity index (χ2v) is 8.43. The van der Waals surface area contributed by atoms with E-state index in [0.29, 0.717) is 10.7 Å². The molecule has 1 N–H and O–H groups in total. The summed E-state index contributed by atoms with van der Waals surface area (Å²) in [6.07, 6.45) is 1.72. The number of carbonyl (C=O) groups excluding carboxylic acids is 2. The van der Waals surface area contributed by atoms with Crippen LogP contribution < -0.4 is 10.2 Å². The third kappa shape index (κ3) is 3.70. The van der Waals surface area contributed by atoms with Crippen molar-refractivity contribution in [3.8, 4) is 5.69 Å². The molecule has 0 unspecified atom stereocenters. The molecule has 0 saturated carbocycles. The van der Waals surface area contributed by atoms with Crippen LogP contribution >= 0.6 is 34.2 Å². The summed E-state index contributed by atoms with van der Waals surface area (Å²) >= 11 is 8.28. The van der Waals surface area contributed by atoms with Crippen LogP contribution in [0.3, 0.4) is 0 Å². The topological polar surface area (TPSA) is 54.3 Å². The van der Waals surface area contributed by atoms with Gasteiger partial charge in [-0.2, -0.15) is 0 Å². The van der Waals surface area contributed by atoms with Crippen LogP contribution in [0.5, 0.6) is 0 Å². The molecule has 0 atom stereocenters. The van der Waals surface area contributed by atoms with Crippen molar-refractivity contribution >= 4 is 57.9 Å². The van der Waals surface area contributed by atoms with E-state index in [1.54, 1.807) is 30.3 Å². The van der Waals surface area contributed by atoms with E-state index in [4.69, 9.17) is 11.6 Å².